The highest BCUT2D eigenvalue weighted by atomic mass is 32.2. The topological polar surface area (TPSA) is 177 Å². The molecule has 0 radical (unpaired) electrons. The number of oxazole rings is 1. The van der Waals surface area contributed by atoms with Gasteiger partial charge in [0.2, 0.25) is 5.89 Å². The summed E-state index contributed by atoms with van der Waals surface area (Å²) in [5.74, 6) is -1.22. The van der Waals surface area contributed by atoms with Gasteiger partial charge in [-0.2, -0.15) is 8.42 Å². The summed E-state index contributed by atoms with van der Waals surface area (Å²) in [5, 5.41) is 17.3. The third-order valence-electron chi connectivity index (χ3n) is 5.31. The minimum absolute atomic E-state index is 0.0277. The molecule has 0 bridgehead atoms. The number of hydrogen-bond donors (Lipinski definition) is 3. The van der Waals surface area contributed by atoms with Crippen LogP contribution in [0.1, 0.15) is 57.3 Å². The number of nitrogens with zero attached hydrogens (tertiary/aromatic N) is 2. The molecule has 0 fully saturated rings. The monoisotopic (exact) mass is 548 g/mol. The molecule has 0 unspecified atom stereocenters. The molecule has 0 amide bonds. The lowest BCUT2D eigenvalue weighted by atomic mass is 10.2. The zero-order valence-corrected chi connectivity index (χ0v) is 21.7. The van der Waals surface area contributed by atoms with Crippen molar-refractivity contribution in [3.8, 4) is 17.1 Å². The van der Waals surface area contributed by atoms with Crippen LogP contribution in [0.3, 0.4) is 0 Å². The Morgan fingerprint density at radius 3 is 2.37 bits per heavy atom. The van der Waals surface area contributed by atoms with E-state index >= 15 is 0 Å². The highest BCUT2D eigenvalue weighted by Crippen LogP contribution is 2.31. The van der Waals surface area contributed by atoms with Crippen LogP contribution in [-0.4, -0.2) is 59.5 Å². The van der Waals surface area contributed by atoms with E-state index in [4.69, 9.17) is 19.4 Å². The van der Waals surface area contributed by atoms with Crippen LogP contribution >= 0.6 is 0 Å². The molecule has 1 aromatic carbocycles. The zero-order valence-electron chi connectivity index (χ0n) is 20.9. The van der Waals surface area contributed by atoms with E-state index in [0.29, 0.717) is 43.4 Å². The number of carbonyl (C=O) groups is 2. The van der Waals surface area contributed by atoms with Crippen LogP contribution in [0.25, 0.3) is 16.9 Å². The number of aliphatic carboxylic acids is 2. The van der Waals surface area contributed by atoms with Crippen molar-refractivity contribution in [1.29, 1.82) is 0 Å². The number of hydrogen-bond acceptors (Lipinski definition) is 8. The molecule has 38 heavy (non-hydrogen) atoms. The second-order valence-corrected chi connectivity index (χ2v) is 9.69. The summed E-state index contributed by atoms with van der Waals surface area (Å²) in [6.07, 6.45) is 10.2. The van der Waals surface area contributed by atoms with Crippen LogP contribution in [0.15, 0.2) is 57.4 Å². The Morgan fingerprint density at radius 2 is 1.74 bits per heavy atom. The summed E-state index contributed by atoms with van der Waals surface area (Å²) in [6.45, 7) is 4.45. The Kier molecular flexibility index (Phi) is 12.4. The second kappa shape index (κ2) is 15.5. The average molecular weight is 549 g/mol. The fourth-order valence-electron chi connectivity index (χ4n) is 3.35. The number of carboxylic acid groups (broad SMARTS) is 2. The van der Waals surface area contributed by atoms with Gasteiger partial charge in [-0.3, -0.25) is 19.1 Å². The van der Waals surface area contributed by atoms with Gasteiger partial charge in [0.05, 0.1) is 12.8 Å². The first kappa shape index (κ1) is 30.5. The molecule has 2 aromatic rings. The third-order valence-corrected chi connectivity index (χ3v) is 6.18. The lowest BCUT2D eigenvalue weighted by Crippen LogP contribution is -2.05. The molecule has 0 spiro atoms. The SMILES string of the molecule is C=C/C(=C\C=N\CCCCCC(=O)O)c1ncc(-c2ccc(OCCCCCC(=O)O)c(S(=O)(=O)O)c2)o1. The average Bonchev–Trinajstić information content (AvgIpc) is 3.34. The van der Waals surface area contributed by atoms with E-state index in [2.05, 4.69) is 16.6 Å². The minimum atomic E-state index is -4.60. The van der Waals surface area contributed by atoms with E-state index in [1.807, 2.05) is 0 Å². The van der Waals surface area contributed by atoms with Crippen LogP contribution in [-0.2, 0) is 19.7 Å². The van der Waals surface area contributed by atoms with Crippen molar-refractivity contribution in [2.45, 2.75) is 56.3 Å². The Balaban J connectivity index is 2.05. The van der Waals surface area contributed by atoms with Crippen molar-refractivity contribution in [1.82, 2.24) is 4.98 Å². The summed E-state index contributed by atoms with van der Waals surface area (Å²) < 4.78 is 44.9. The van der Waals surface area contributed by atoms with Gasteiger partial charge in [-0.05, 0) is 56.4 Å². The number of unbranched alkanes of at least 4 members (excludes halogenated alkanes) is 4. The molecule has 0 aliphatic rings. The predicted molar refractivity (Wildman–Crippen MR) is 141 cm³/mol. The van der Waals surface area contributed by atoms with Gasteiger partial charge in [0.15, 0.2) is 5.76 Å². The molecule has 1 aromatic heterocycles. The molecule has 0 aliphatic carbocycles. The highest BCUT2D eigenvalue weighted by Gasteiger charge is 2.20. The van der Waals surface area contributed by atoms with Gasteiger partial charge < -0.3 is 19.4 Å². The van der Waals surface area contributed by atoms with Crippen molar-refractivity contribution in [3.05, 3.63) is 49.0 Å². The normalized spacial score (nSPS) is 12.1. The molecule has 0 atom stereocenters. The molecule has 11 nitrogen and oxygen atoms in total. The first-order chi connectivity index (χ1) is 18.1. The van der Waals surface area contributed by atoms with Crippen LogP contribution in [0.2, 0.25) is 0 Å². The quantitative estimate of drug-likeness (QED) is 0.100. The number of carboxylic acids is 2. The number of rotatable bonds is 18. The van der Waals surface area contributed by atoms with Crippen LogP contribution in [0.5, 0.6) is 5.75 Å². The van der Waals surface area contributed by atoms with Gasteiger partial charge in [-0.15, -0.1) is 0 Å². The lowest BCUT2D eigenvalue weighted by molar-refractivity contribution is -0.138. The van der Waals surface area contributed by atoms with Crippen LogP contribution < -0.4 is 4.74 Å². The standard InChI is InChI=1S/C26H32N2O9S/c1-2-19(13-15-27-14-7-3-5-9-24(29)30)26-28-18-22(37-26)20-11-12-21(23(17-20)38(33,34)35)36-16-8-4-6-10-25(31)32/h2,11-13,15,17-18H,1,3-10,14,16H2,(H,29,30)(H,31,32)(H,33,34,35)/b19-13+,27-15+. The maximum Gasteiger partial charge on any atom is 0.303 e. The Morgan fingerprint density at radius 1 is 1.05 bits per heavy atom. The first-order valence-electron chi connectivity index (χ1n) is 12.1. The zero-order chi connectivity index (χ0) is 28.0. The fourth-order valence-corrected chi connectivity index (χ4v) is 4.01. The smallest absolute Gasteiger partial charge is 0.303 e. The summed E-state index contributed by atoms with van der Waals surface area (Å²) in [7, 11) is -4.60. The van der Waals surface area contributed by atoms with Gasteiger partial charge in [-0.25, -0.2) is 4.98 Å². The Labute approximate surface area is 221 Å². The number of ether oxygens (including phenoxy) is 1. The number of aromatic nitrogens is 1. The second-order valence-electron chi connectivity index (χ2n) is 8.30. The molecule has 206 valence electrons. The van der Waals surface area contributed by atoms with Crippen molar-refractivity contribution in [2.24, 2.45) is 4.99 Å². The molecular weight excluding hydrogens is 516 g/mol. The summed E-state index contributed by atoms with van der Waals surface area (Å²) >= 11 is 0. The molecule has 2 rings (SSSR count). The predicted octanol–water partition coefficient (Wildman–Crippen LogP) is 4.90. The summed E-state index contributed by atoms with van der Waals surface area (Å²) in [5.41, 5.74) is 0.896. The van der Waals surface area contributed by atoms with Gasteiger partial charge in [0.25, 0.3) is 10.1 Å². The maximum absolute atomic E-state index is 12.0. The molecule has 3 N–H and O–H groups in total. The van der Waals surface area contributed by atoms with Gasteiger partial charge in [-0.1, -0.05) is 19.1 Å². The highest BCUT2D eigenvalue weighted by molar-refractivity contribution is 7.86. The molecule has 0 saturated carbocycles. The van der Waals surface area contributed by atoms with E-state index in [-0.39, 0.29) is 36.8 Å². The number of allylic oxidation sites excluding steroid dienone is 3. The molecular formula is C26H32N2O9S. The van der Waals surface area contributed by atoms with E-state index in [1.54, 1.807) is 18.4 Å². The van der Waals surface area contributed by atoms with Crippen LogP contribution in [0.4, 0.5) is 0 Å². The van der Waals surface area contributed by atoms with Crippen LogP contribution in [0, 0.1) is 0 Å². The summed E-state index contributed by atoms with van der Waals surface area (Å²) in [4.78, 5) is 29.1. The van der Waals surface area contributed by atoms with Gasteiger partial charge in [0.1, 0.15) is 10.6 Å². The van der Waals surface area contributed by atoms with Gasteiger partial charge >= 0.3 is 11.9 Å². The Hall–Kier alpha value is -3.77. The van der Waals surface area contributed by atoms with Crippen molar-refractivity contribution < 1.29 is 41.9 Å². The molecule has 1 heterocycles. The molecule has 0 aliphatic heterocycles. The number of aliphatic imine (C=N–C) groups is 1. The lowest BCUT2D eigenvalue weighted by Gasteiger charge is -2.11. The van der Waals surface area contributed by atoms with Crippen molar-refractivity contribution in [3.63, 3.8) is 0 Å². The third kappa shape index (κ3) is 10.7. The summed E-state index contributed by atoms with van der Waals surface area (Å²) in [6, 6.07) is 4.20. The fraction of sp³-hybridized carbons (Fsp3) is 0.385. The first-order valence-corrected chi connectivity index (χ1v) is 13.5. The largest absolute Gasteiger partial charge is 0.492 e. The Bertz CT molecular complexity index is 1260. The van der Waals surface area contributed by atoms with Crippen molar-refractivity contribution in [2.75, 3.05) is 13.2 Å². The molecule has 12 heteroatoms. The molecule has 0 saturated heterocycles. The van der Waals surface area contributed by atoms with E-state index in [9.17, 15) is 22.6 Å². The van der Waals surface area contributed by atoms with E-state index in [1.165, 1.54) is 24.4 Å². The van der Waals surface area contributed by atoms with Crippen molar-refractivity contribution >= 4 is 33.8 Å². The minimum Gasteiger partial charge on any atom is -0.492 e. The number of benzene rings is 1. The maximum atomic E-state index is 12.0. The van der Waals surface area contributed by atoms with E-state index in [0.717, 1.165) is 12.8 Å². The van der Waals surface area contributed by atoms with E-state index < -0.39 is 27.0 Å². The van der Waals surface area contributed by atoms with Gasteiger partial charge in [0, 0.05) is 36.7 Å².